The molecule has 1 aliphatic carbocycles. The van der Waals surface area contributed by atoms with Crippen LogP contribution in [-0.2, 0) is 11.3 Å². The van der Waals surface area contributed by atoms with Crippen molar-refractivity contribution in [1.82, 2.24) is 29.1 Å². The Kier molecular flexibility index (Phi) is 8.02. The molecule has 1 amide bonds. The molecule has 3 heterocycles. The number of anilines is 3. The lowest BCUT2D eigenvalue weighted by atomic mass is 10.1. The van der Waals surface area contributed by atoms with Gasteiger partial charge in [0.15, 0.2) is 0 Å². The zero-order valence-corrected chi connectivity index (χ0v) is 27.9. The van der Waals surface area contributed by atoms with Crippen molar-refractivity contribution < 1.29 is 9.18 Å². The Morgan fingerprint density at radius 2 is 1.81 bits per heavy atom. The molecule has 0 aliphatic heterocycles. The molecule has 7 rings (SSSR count). The lowest BCUT2D eigenvalue weighted by molar-refractivity contribution is -0.116. The van der Waals surface area contributed by atoms with Gasteiger partial charge in [0.2, 0.25) is 5.91 Å². The molecule has 0 saturated heterocycles. The van der Waals surface area contributed by atoms with Crippen LogP contribution in [0.3, 0.4) is 0 Å². The number of aryl methyl sites for hydroxylation is 2. The molecule has 1 fully saturated rings. The highest BCUT2D eigenvalue weighted by molar-refractivity contribution is 14.1. The topological polar surface area (TPSA) is 149 Å². The van der Waals surface area contributed by atoms with Crippen molar-refractivity contribution in [2.75, 3.05) is 10.6 Å². The van der Waals surface area contributed by atoms with Gasteiger partial charge in [0.25, 0.3) is 11.1 Å². The molecular formula is C34H28FIN8O4. The number of amides is 1. The van der Waals surface area contributed by atoms with E-state index in [0.29, 0.717) is 33.5 Å². The number of halogens is 2. The third-order valence-electron chi connectivity index (χ3n) is 8.16. The average molecular weight is 759 g/mol. The first-order chi connectivity index (χ1) is 23.1. The van der Waals surface area contributed by atoms with Crippen LogP contribution in [0.5, 0.6) is 0 Å². The fourth-order valence-corrected chi connectivity index (χ4v) is 6.05. The van der Waals surface area contributed by atoms with Crippen LogP contribution in [0.1, 0.15) is 30.0 Å². The Bertz CT molecular complexity index is 2430. The number of pyridine rings is 1. The first kappa shape index (κ1) is 31.2. The number of H-pyrrole nitrogens is 1. The Balaban J connectivity index is 1.27. The Morgan fingerprint density at radius 1 is 1.04 bits per heavy atom. The van der Waals surface area contributed by atoms with Gasteiger partial charge < -0.3 is 15.6 Å². The summed E-state index contributed by atoms with van der Waals surface area (Å²) in [6.07, 6.45) is 2.96. The predicted octanol–water partition coefficient (Wildman–Crippen LogP) is 5.18. The number of carbonyl (C=O) groups excluding carboxylic acids is 1. The first-order valence-corrected chi connectivity index (χ1v) is 16.2. The summed E-state index contributed by atoms with van der Waals surface area (Å²) < 4.78 is 19.5. The second-order valence-corrected chi connectivity index (χ2v) is 13.0. The molecule has 3 N–H and O–H groups in total. The van der Waals surface area contributed by atoms with Gasteiger partial charge in [0, 0.05) is 26.4 Å². The van der Waals surface area contributed by atoms with Crippen LogP contribution in [0, 0.1) is 23.2 Å². The Morgan fingerprint density at radius 3 is 2.54 bits per heavy atom. The second kappa shape index (κ2) is 12.3. The van der Waals surface area contributed by atoms with E-state index in [1.54, 1.807) is 36.5 Å². The third kappa shape index (κ3) is 5.94. The van der Waals surface area contributed by atoms with E-state index in [2.05, 4.69) is 25.9 Å². The number of aromatic amines is 1. The summed E-state index contributed by atoms with van der Waals surface area (Å²) in [5, 5.41) is 14.0. The number of carbonyl (C=O) groups is 1. The molecule has 0 bridgehead atoms. The fraction of sp³-hybridized carbons (Fsp3) is 0.176. The zero-order chi connectivity index (χ0) is 33.7. The molecule has 0 unspecified atom stereocenters. The van der Waals surface area contributed by atoms with Crippen LogP contribution in [0.2, 0.25) is 0 Å². The van der Waals surface area contributed by atoms with Crippen LogP contribution < -0.4 is 27.4 Å². The minimum atomic E-state index is -0.621. The number of hydrogen-bond acceptors (Lipinski definition) is 7. The largest absolute Gasteiger partial charge is 0.339 e. The van der Waals surface area contributed by atoms with Crippen LogP contribution >= 0.6 is 22.6 Å². The maximum Gasteiger partial charge on any atom is 0.336 e. The minimum Gasteiger partial charge on any atom is -0.339 e. The van der Waals surface area contributed by atoms with E-state index in [1.807, 2.05) is 53.8 Å². The van der Waals surface area contributed by atoms with Gasteiger partial charge in [-0.1, -0.05) is 41.1 Å². The standard InChI is InChI=1S/C34H28FIN8O4/c1-18-6-8-20(9-7-18)27-16-42(41-40-27)17-28(45)37-22-4-3-5-24(15-22)43-30-19(2)32(46)39-31(38-26-13-10-21(36)14-25(26)35)29(30)33(47)44(34(43)48)23-11-12-23/h3-10,13-16,23H,11-12,17H2,1-2H3,(H,37,45)(H2,38,39,46). The predicted molar refractivity (Wildman–Crippen MR) is 189 cm³/mol. The van der Waals surface area contributed by atoms with E-state index < -0.39 is 22.6 Å². The molecule has 1 aliphatic rings. The number of hydrogen-bond donors (Lipinski definition) is 3. The number of rotatable bonds is 8. The summed E-state index contributed by atoms with van der Waals surface area (Å²) in [6.45, 7) is 3.39. The second-order valence-electron chi connectivity index (χ2n) is 11.7. The fourth-order valence-electron chi connectivity index (χ4n) is 5.60. The molecule has 0 radical (unpaired) electrons. The van der Waals surface area contributed by atoms with Gasteiger partial charge in [-0.25, -0.2) is 13.9 Å². The molecule has 0 spiro atoms. The highest BCUT2D eigenvalue weighted by Crippen LogP contribution is 2.34. The SMILES string of the molecule is Cc1ccc(-c2cn(CC(=O)Nc3cccc(-n4c(=O)n(C5CC5)c(=O)c5c(Nc6ccc(I)cc6F)[nH]c(=O)c(C)c54)c3)nn2)cc1. The van der Waals surface area contributed by atoms with Gasteiger partial charge >= 0.3 is 5.69 Å². The lowest BCUT2D eigenvalue weighted by Crippen LogP contribution is -2.40. The quantitative estimate of drug-likeness (QED) is 0.181. The van der Waals surface area contributed by atoms with Crippen molar-refractivity contribution in [3.8, 4) is 16.9 Å². The summed E-state index contributed by atoms with van der Waals surface area (Å²) in [4.78, 5) is 57.0. The lowest BCUT2D eigenvalue weighted by Gasteiger charge is -2.18. The Labute approximate surface area is 285 Å². The van der Waals surface area contributed by atoms with Gasteiger partial charge in [-0.05, 0) is 85.7 Å². The van der Waals surface area contributed by atoms with E-state index in [0.717, 1.165) is 11.1 Å². The first-order valence-electron chi connectivity index (χ1n) is 15.1. The average Bonchev–Trinajstić information content (AvgIpc) is 3.78. The van der Waals surface area contributed by atoms with Crippen molar-refractivity contribution in [3.63, 3.8) is 0 Å². The highest BCUT2D eigenvalue weighted by atomic mass is 127. The smallest absolute Gasteiger partial charge is 0.336 e. The van der Waals surface area contributed by atoms with Crippen LogP contribution in [0.4, 0.5) is 21.6 Å². The van der Waals surface area contributed by atoms with Crippen molar-refractivity contribution in [1.29, 1.82) is 0 Å². The molecule has 242 valence electrons. The van der Waals surface area contributed by atoms with Crippen LogP contribution in [-0.4, -0.2) is 35.0 Å². The molecule has 6 aromatic rings. The number of aromatic nitrogens is 6. The summed E-state index contributed by atoms with van der Waals surface area (Å²) in [5.41, 5.74) is 1.80. The number of fused-ring (bicyclic) bond motifs is 1. The normalized spacial score (nSPS) is 12.8. The minimum absolute atomic E-state index is 0.0292. The Hall–Kier alpha value is -5.38. The number of nitrogens with one attached hydrogen (secondary N) is 3. The molecule has 14 heteroatoms. The zero-order valence-electron chi connectivity index (χ0n) is 25.8. The summed E-state index contributed by atoms with van der Waals surface area (Å²) in [7, 11) is 0. The maximum atomic E-state index is 14.9. The van der Waals surface area contributed by atoms with Crippen molar-refractivity contribution in [3.05, 3.63) is 125 Å². The summed E-state index contributed by atoms with van der Waals surface area (Å²) >= 11 is 1.98. The van der Waals surface area contributed by atoms with Crippen molar-refractivity contribution >= 4 is 56.6 Å². The van der Waals surface area contributed by atoms with Gasteiger partial charge in [0.1, 0.15) is 29.3 Å². The molecule has 3 aromatic carbocycles. The molecule has 0 atom stereocenters. The number of nitrogens with zero attached hydrogens (tertiary/aromatic N) is 5. The highest BCUT2D eigenvalue weighted by Gasteiger charge is 2.31. The van der Waals surface area contributed by atoms with E-state index in [9.17, 15) is 23.6 Å². The van der Waals surface area contributed by atoms with Crippen molar-refractivity contribution in [2.45, 2.75) is 39.3 Å². The van der Waals surface area contributed by atoms with Crippen LogP contribution in [0.15, 0.2) is 87.3 Å². The van der Waals surface area contributed by atoms with E-state index in [1.165, 1.54) is 32.9 Å². The molecular weight excluding hydrogens is 730 g/mol. The van der Waals surface area contributed by atoms with E-state index >= 15 is 0 Å². The van der Waals surface area contributed by atoms with E-state index in [-0.39, 0.29) is 46.5 Å². The molecule has 12 nitrogen and oxygen atoms in total. The van der Waals surface area contributed by atoms with Gasteiger partial charge in [0.05, 0.1) is 23.1 Å². The van der Waals surface area contributed by atoms with Gasteiger partial charge in [-0.15, -0.1) is 5.10 Å². The van der Waals surface area contributed by atoms with Crippen molar-refractivity contribution in [2.24, 2.45) is 0 Å². The van der Waals surface area contributed by atoms with Gasteiger partial charge in [-0.3, -0.25) is 23.5 Å². The van der Waals surface area contributed by atoms with Gasteiger partial charge in [-0.2, -0.15) is 0 Å². The van der Waals surface area contributed by atoms with E-state index in [4.69, 9.17) is 0 Å². The molecule has 3 aromatic heterocycles. The summed E-state index contributed by atoms with van der Waals surface area (Å²) in [5.74, 6) is -0.990. The van der Waals surface area contributed by atoms with Crippen LogP contribution in [0.25, 0.3) is 27.8 Å². The maximum absolute atomic E-state index is 14.9. The molecule has 1 saturated carbocycles. The molecule has 48 heavy (non-hydrogen) atoms. The number of benzene rings is 3. The third-order valence-corrected chi connectivity index (χ3v) is 8.83. The summed E-state index contributed by atoms with van der Waals surface area (Å²) in [6, 6.07) is 18.6. The monoisotopic (exact) mass is 758 g/mol.